The van der Waals surface area contributed by atoms with Crippen molar-refractivity contribution in [2.75, 3.05) is 13.0 Å². The molecule has 0 amide bonds. The largest absolute Gasteiger partial charge is 0.497 e. The molecule has 0 radical (unpaired) electrons. The van der Waals surface area contributed by atoms with Crippen LogP contribution in [0.3, 0.4) is 0 Å². The van der Waals surface area contributed by atoms with E-state index in [0.29, 0.717) is 12.4 Å². The van der Waals surface area contributed by atoms with Crippen LogP contribution in [0, 0.1) is 11.8 Å². The van der Waals surface area contributed by atoms with Crippen molar-refractivity contribution >= 4 is 11.6 Å². The molecule has 0 spiro atoms. The average Bonchev–Trinajstić information content (AvgIpc) is 2.52. The van der Waals surface area contributed by atoms with Gasteiger partial charge >= 0.3 is 0 Å². The van der Waals surface area contributed by atoms with Crippen LogP contribution in [-0.2, 0) is 6.61 Å². The second-order valence-electron chi connectivity index (χ2n) is 3.95. The van der Waals surface area contributed by atoms with E-state index in [9.17, 15) is 0 Å². The van der Waals surface area contributed by atoms with Crippen LogP contribution in [0.4, 0.5) is 0 Å². The summed E-state index contributed by atoms with van der Waals surface area (Å²) in [7, 11) is 1.62. The van der Waals surface area contributed by atoms with Gasteiger partial charge in [-0.3, -0.25) is 4.98 Å². The highest BCUT2D eigenvalue weighted by atomic mass is 35.5. The standard InChI is InChI=1S/C16H14ClNO2/c1-19-15-6-7-16(14(10-15)5-2-8-17)20-12-13-4-3-9-18-11-13/h3-4,6-7,9-11H,8,12H2,1H3. The number of aromatic nitrogens is 1. The van der Waals surface area contributed by atoms with Gasteiger partial charge in [0.25, 0.3) is 0 Å². The van der Waals surface area contributed by atoms with Gasteiger partial charge in [0.1, 0.15) is 18.1 Å². The van der Waals surface area contributed by atoms with Crippen molar-refractivity contribution in [3.63, 3.8) is 0 Å². The Morgan fingerprint density at radius 1 is 1.30 bits per heavy atom. The number of ether oxygens (including phenoxy) is 2. The first-order valence-electron chi connectivity index (χ1n) is 6.08. The third-order valence-corrected chi connectivity index (χ3v) is 2.73. The number of hydrogen-bond acceptors (Lipinski definition) is 3. The zero-order chi connectivity index (χ0) is 14.2. The van der Waals surface area contributed by atoms with Crippen molar-refractivity contribution in [1.29, 1.82) is 0 Å². The maximum Gasteiger partial charge on any atom is 0.135 e. The topological polar surface area (TPSA) is 31.4 Å². The number of halogens is 1. The van der Waals surface area contributed by atoms with Crippen molar-refractivity contribution in [3.8, 4) is 23.3 Å². The first-order chi connectivity index (χ1) is 9.83. The number of nitrogens with zero attached hydrogens (tertiary/aromatic N) is 1. The maximum atomic E-state index is 5.78. The second kappa shape index (κ2) is 7.42. The predicted octanol–water partition coefficient (Wildman–Crippen LogP) is 3.26. The number of hydrogen-bond donors (Lipinski definition) is 0. The van der Waals surface area contributed by atoms with Crippen LogP contribution < -0.4 is 9.47 Å². The Bertz CT molecular complexity index is 617. The fourth-order valence-corrected chi connectivity index (χ4v) is 1.70. The minimum Gasteiger partial charge on any atom is -0.497 e. The minimum atomic E-state index is 0.277. The third-order valence-electron chi connectivity index (χ3n) is 2.59. The van der Waals surface area contributed by atoms with Crippen LogP contribution in [0.25, 0.3) is 0 Å². The lowest BCUT2D eigenvalue weighted by Gasteiger charge is -2.09. The molecule has 4 heteroatoms. The lowest BCUT2D eigenvalue weighted by Crippen LogP contribution is -1.98. The summed E-state index contributed by atoms with van der Waals surface area (Å²) in [5.74, 6) is 7.51. The van der Waals surface area contributed by atoms with Crippen molar-refractivity contribution in [2.24, 2.45) is 0 Å². The van der Waals surface area contributed by atoms with Crippen LogP contribution in [0.2, 0.25) is 0 Å². The Morgan fingerprint density at radius 3 is 2.90 bits per heavy atom. The van der Waals surface area contributed by atoms with E-state index in [4.69, 9.17) is 21.1 Å². The summed E-state index contributed by atoms with van der Waals surface area (Å²) < 4.78 is 11.0. The second-order valence-corrected chi connectivity index (χ2v) is 4.21. The Kier molecular flexibility index (Phi) is 5.28. The first kappa shape index (κ1) is 14.2. The van der Waals surface area contributed by atoms with Gasteiger partial charge in [0.15, 0.2) is 0 Å². The molecule has 102 valence electrons. The van der Waals surface area contributed by atoms with E-state index < -0.39 is 0 Å². The highest BCUT2D eigenvalue weighted by Crippen LogP contribution is 2.24. The quantitative estimate of drug-likeness (QED) is 0.639. The molecular weight excluding hydrogens is 274 g/mol. The summed E-state index contributed by atoms with van der Waals surface area (Å²) >= 11 is 5.60. The molecule has 1 aromatic carbocycles. The van der Waals surface area contributed by atoms with Gasteiger partial charge in [0.05, 0.1) is 18.6 Å². The number of methoxy groups -OCH3 is 1. The van der Waals surface area contributed by atoms with Crippen LogP contribution >= 0.6 is 11.6 Å². The predicted molar refractivity (Wildman–Crippen MR) is 79.2 cm³/mol. The SMILES string of the molecule is COc1ccc(OCc2cccnc2)c(C#CCCl)c1. The smallest absolute Gasteiger partial charge is 0.135 e. The van der Waals surface area contributed by atoms with Crippen molar-refractivity contribution in [3.05, 3.63) is 53.9 Å². The fraction of sp³-hybridized carbons (Fsp3) is 0.188. The van der Waals surface area contributed by atoms with Gasteiger partial charge in [-0.2, -0.15) is 0 Å². The summed E-state index contributed by atoms with van der Waals surface area (Å²) in [6.07, 6.45) is 3.50. The molecule has 0 bridgehead atoms. The molecule has 2 aromatic rings. The Hall–Kier alpha value is -2.18. The van der Waals surface area contributed by atoms with Gasteiger partial charge < -0.3 is 9.47 Å². The Balaban J connectivity index is 2.17. The van der Waals surface area contributed by atoms with Crippen molar-refractivity contribution < 1.29 is 9.47 Å². The molecule has 20 heavy (non-hydrogen) atoms. The van der Waals surface area contributed by atoms with E-state index >= 15 is 0 Å². The summed E-state index contributed by atoms with van der Waals surface area (Å²) in [6.45, 7) is 0.440. The van der Waals surface area contributed by atoms with E-state index in [1.165, 1.54) is 0 Å². The maximum absolute atomic E-state index is 5.78. The number of alkyl halides is 1. The number of benzene rings is 1. The van der Waals surface area contributed by atoms with Crippen molar-refractivity contribution in [1.82, 2.24) is 4.98 Å². The molecule has 0 atom stereocenters. The number of pyridine rings is 1. The fourth-order valence-electron chi connectivity index (χ4n) is 1.63. The lowest BCUT2D eigenvalue weighted by molar-refractivity contribution is 0.304. The molecule has 0 fully saturated rings. The molecule has 0 N–H and O–H groups in total. The molecule has 0 aliphatic rings. The molecule has 0 saturated carbocycles. The molecule has 0 saturated heterocycles. The summed E-state index contributed by atoms with van der Waals surface area (Å²) in [4.78, 5) is 4.05. The zero-order valence-corrected chi connectivity index (χ0v) is 11.9. The molecule has 0 aliphatic heterocycles. The molecule has 0 aliphatic carbocycles. The van der Waals surface area contributed by atoms with Crippen LogP contribution in [0.1, 0.15) is 11.1 Å². The molecule has 2 rings (SSSR count). The van der Waals surface area contributed by atoms with Gasteiger partial charge in [0, 0.05) is 18.0 Å². The van der Waals surface area contributed by atoms with Gasteiger partial charge in [-0.05, 0) is 24.3 Å². The molecular formula is C16H14ClNO2. The summed E-state index contributed by atoms with van der Waals surface area (Å²) in [5.41, 5.74) is 1.76. The van der Waals surface area contributed by atoms with E-state index in [1.807, 2.05) is 30.3 Å². The van der Waals surface area contributed by atoms with E-state index in [0.717, 1.165) is 16.9 Å². The molecule has 0 unspecified atom stereocenters. The lowest BCUT2D eigenvalue weighted by atomic mass is 10.2. The Morgan fingerprint density at radius 2 is 2.20 bits per heavy atom. The zero-order valence-electron chi connectivity index (χ0n) is 11.1. The summed E-state index contributed by atoms with van der Waals surface area (Å²) in [6, 6.07) is 9.34. The Labute approximate surface area is 123 Å². The summed E-state index contributed by atoms with van der Waals surface area (Å²) in [5, 5.41) is 0. The van der Waals surface area contributed by atoms with Gasteiger partial charge in [-0.25, -0.2) is 0 Å². The van der Waals surface area contributed by atoms with Crippen LogP contribution in [0.5, 0.6) is 11.5 Å². The normalized spacial score (nSPS) is 9.50. The van der Waals surface area contributed by atoms with Gasteiger partial charge in [0.2, 0.25) is 0 Å². The number of rotatable bonds is 4. The van der Waals surface area contributed by atoms with Crippen LogP contribution in [0.15, 0.2) is 42.7 Å². The molecule has 3 nitrogen and oxygen atoms in total. The highest BCUT2D eigenvalue weighted by Gasteiger charge is 2.04. The van der Waals surface area contributed by atoms with E-state index in [-0.39, 0.29) is 5.88 Å². The van der Waals surface area contributed by atoms with Gasteiger partial charge in [-0.15, -0.1) is 11.6 Å². The molecule has 1 aromatic heterocycles. The van der Waals surface area contributed by atoms with E-state index in [2.05, 4.69) is 16.8 Å². The third kappa shape index (κ3) is 3.91. The average molecular weight is 288 g/mol. The van der Waals surface area contributed by atoms with E-state index in [1.54, 1.807) is 19.5 Å². The van der Waals surface area contributed by atoms with Crippen molar-refractivity contribution in [2.45, 2.75) is 6.61 Å². The van der Waals surface area contributed by atoms with Crippen LogP contribution in [-0.4, -0.2) is 18.0 Å². The highest BCUT2D eigenvalue weighted by molar-refractivity contribution is 6.19. The monoisotopic (exact) mass is 287 g/mol. The minimum absolute atomic E-state index is 0.277. The van der Waals surface area contributed by atoms with Gasteiger partial charge in [-0.1, -0.05) is 17.9 Å². The molecule has 1 heterocycles. The first-order valence-corrected chi connectivity index (χ1v) is 6.61.